The summed E-state index contributed by atoms with van der Waals surface area (Å²) in [6, 6.07) is 23.8. The number of rotatable bonds is 7. The van der Waals surface area contributed by atoms with Crippen LogP contribution in [-0.2, 0) is 20.7 Å². The molecule has 0 bridgehead atoms. The Hall–Kier alpha value is -3.93. The van der Waals surface area contributed by atoms with Crippen molar-refractivity contribution in [2.45, 2.75) is 25.9 Å². The third kappa shape index (κ3) is 5.17. The molecule has 0 saturated heterocycles. The number of carbonyl (C=O) groups excluding carboxylic acids is 2. The molecule has 0 aliphatic heterocycles. The summed E-state index contributed by atoms with van der Waals surface area (Å²) in [4.78, 5) is 29.8. The number of fused-ring (bicyclic) bond motifs is 1. The first-order valence-electron chi connectivity index (χ1n) is 10.0. The van der Waals surface area contributed by atoms with E-state index < -0.39 is 18.0 Å². The summed E-state index contributed by atoms with van der Waals surface area (Å²) in [6.45, 7) is 1.97. The normalized spacial score (nSPS) is 11.8. The predicted octanol–water partition coefficient (Wildman–Crippen LogP) is 4.99. The number of ether oxygens (including phenoxy) is 1. The van der Waals surface area contributed by atoms with Crippen molar-refractivity contribution in [2.24, 2.45) is 0 Å². The van der Waals surface area contributed by atoms with E-state index in [1.165, 1.54) is 0 Å². The first-order chi connectivity index (χ1) is 15.1. The monoisotopic (exact) mass is 414 g/mol. The lowest BCUT2D eigenvalue weighted by Gasteiger charge is -2.18. The van der Waals surface area contributed by atoms with Crippen molar-refractivity contribution in [3.63, 3.8) is 0 Å². The van der Waals surface area contributed by atoms with E-state index in [-0.39, 0.29) is 12.8 Å². The zero-order valence-corrected chi connectivity index (χ0v) is 17.1. The third-order valence-corrected chi connectivity index (χ3v) is 4.79. The Balaban J connectivity index is 1.44. The summed E-state index contributed by atoms with van der Waals surface area (Å²) < 4.78 is 11.2. The molecule has 1 N–H and O–H groups in total. The third-order valence-electron chi connectivity index (χ3n) is 4.79. The van der Waals surface area contributed by atoms with Crippen LogP contribution < -0.4 is 5.32 Å². The molecule has 1 heterocycles. The first kappa shape index (κ1) is 20.3. The molecular weight excluding hydrogens is 392 g/mol. The van der Waals surface area contributed by atoms with E-state index in [2.05, 4.69) is 10.3 Å². The van der Waals surface area contributed by atoms with Gasteiger partial charge in [-0.05, 0) is 31.2 Å². The van der Waals surface area contributed by atoms with Gasteiger partial charge in [0, 0.05) is 17.7 Å². The molecule has 1 amide bonds. The summed E-state index contributed by atoms with van der Waals surface area (Å²) in [5, 5.41) is 2.82. The van der Waals surface area contributed by atoms with Gasteiger partial charge in [0.1, 0.15) is 5.52 Å². The Morgan fingerprint density at radius 3 is 2.42 bits per heavy atom. The Morgan fingerprint density at radius 2 is 1.68 bits per heavy atom. The van der Waals surface area contributed by atoms with Crippen molar-refractivity contribution >= 4 is 28.7 Å². The number of aryl methyl sites for hydroxylation is 2. The number of benzene rings is 3. The number of nitrogens with one attached hydrogen (secondary N) is 1. The van der Waals surface area contributed by atoms with Crippen molar-refractivity contribution in [2.75, 3.05) is 5.32 Å². The van der Waals surface area contributed by atoms with Crippen LogP contribution in [0, 0.1) is 6.92 Å². The average Bonchev–Trinajstić information content (AvgIpc) is 3.21. The minimum absolute atomic E-state index is 0.0496. The molecule has 6 heteroatoms. The van der Waals surface area contributed by atoms with Crippen LogP contribution in [0.1, 0.15) is 29.5 Å². The van der Waals surface area contributed by atoms with Gasteiger partial charge in [0.25, 0.3) is 5.91 Å². The van der Waals surface area contributed by atoms with E-state index in [9.17, 15) is 9.59 Å². The zero-order valence-electron chi connectivity index (χ0n) is 17.1. The van der Waals surface area contributed by atoms with Crippen molar-refractivity contribution in [1.82, 2.24) is 4.98 Å². The molecule has 0 aliphatic rings. The van der Waals surface area contributed by atoms with Crippen molar-refractivity contribution in [1.29, 1.82) is 0 Å². The molecular formula is C25H22N2O4. The van der Waals surface area contributed by atoms with E-state index >= 15 is 0 Å². The number of amides is 1. The lowest BCUT2D eigenvalue weighted by atomic mass is 10.1. The number of hydrogen-bond donors (Lipinski definition) is 1. The molecule has 4 aromatic rings. The van der Waals surface area contributed by atoms with Crippen LogP contribution in [0.5, 0.6) is 0 Å². The van der Waals surface area contributed by atoms with Crippen LogP contribution >= 0.6 is 0 Å². The summed E-state index contributed by atoms with van der Waals surface area (Å²) in [5.74, 6) is -0.459. The smallest absolute Gasteiger partial charge is 0.307 e. The molecule has 156 valence electrons. The number of anilines is 1. The molecule has 3 aromatic carbocycles. The van der Waals surface area contributed by atoms with Gasteiger partial charge in [-0.1, -0.05) is 60.2 Å². The van der Waals surface area contributed by atoms with Crippen LogP contribution in [0.25, 0.3) is 11.1 Å². The first-order valence-corrected chi connectivity index (χ1v) is 10.0. The predicted molar refractivity (Wildman–Crippen MR) is 117 cm³/mol. The van der Waals surface area contributed by atoms with E-state index in [1.807, 2.05) is 61.5 Å². The summed E-state index contributed by atoms with van der Waals surface area (Å²) in [5.41, 5.74) is 3.74. The highest BCUT2D eigenvalue weighted by molar-refractivity contribution is 5.96. The number of nitrogens with zero attached hydrogens (tertiary/aromatic N) is 1. The van der Waals surface area contributed by atoms with Gasteiger partial charge in [-0.3, -0.25) is 9.59 Å². The van der Waals surface area contributed by atoms with Gasteiger partial charge in [0.15, 0.2) is 11.5 Å². The second-order valence-electron chi connectivity index (χ2n) is 7.21. The maximum atomic E-state index is 12.9. The SMILES string of the molecule is Cc1ccc(NC(=O)[C@H](OC(=O)CCc2nc3ccccc3o2)c2ccccc2)cc1. The molecule has 31 heavy (non-hydrogen) atoms. The van der Waals surface area contributed by atoms with Crippen LogP contribution in [0.4, 0.5) is 5.69 Å². The Morgan fingerprint density at radius 1 is 0.968 bits per heavy atom. The molecule has 0 spiro atoms. The molecule has 1 atom stereocenters. The second kappa shape index (κ2) is 9.26. The Labute approximate surface area is 179 Å². The molecule has 0 saturated carbocycles. The van der Waals surface area contributed by atoms with Gasteiger partial charge in [0.05, 0.1) is 6.42 Å². The average molecular weight is 414 g/mol. The van der Waals surface area contributed by atoms with Crippen molar-refractivity contribution < 1.29 is 18.7 Å². The number of carbonyl (C=O) groups is 2. The van der Waals surface area contributed by atoms with Crippen LogP contribution in [0.15, 0.2) is 83.3 Å². The van der Waals surface area contributed by atoms with E-state index in [1.54, 1.807) is 24.3 Å². The summed E-state index contributed by atoms with van der Waals surface area (Å²) in [6.07, 6.45) is -0.721. The minimum Gasteiger partial charge on any atom is -0.447 e. The molecule has 4 rings (SSSR count). The number of hydrogen-bond acceptors (Lipinski definition) is 5. The highest BCUT2D eigenvalue weighted by Gasteiger charge is 2.25. The number of esters is 1. The molecule has 0 aliphatic carbocycles. The van der Waals surface area contributed by atoms with Crippen molar-refractivity contribution in [3.8, 4) is 0 Å². The molecule has 0 fully saturated rings. The quantitative estimate of drug-likeness (QED) is 0.431. The minimum atomic E-state index is -1.06. The lowest BCUT2D eigenvalue weighted by Crippen LogP contribution is -2.26. The summed E-state index contributed by atoms with van der Waals surface area (Å²) >= 11 is 0. The lowest BCUT2D eigenvalue weighted by molar-refractivity contribution is -0.154. The van der Waals surface area contributed by atoms with Gasteiger partial charge in [-0.25, -0.2) is 4.98 Å². The highest BCUT2D eigenvalue weighted by atomic mass is 16.5. The van der Waals surface area contributed by atoms with E-state index in [4.69, 9.17) is 9.15 Å². The largest absolute Gasteiger partial charge is 0.447 e. The van der Waals surface area contributed by atoms with Gasteiger partial charge < -0.3 is 14.5 Å². The Bertz CT molecular complexity index is 1150. The zero-order chi connectivity index (χ0) is 21.6. The topological polar surface area (TPSA) is 81.4 Å². The van der Waals surface area contributed by atoms with Gasteiger partial charge in [-0.15, -0.1) is 0 Å². The van der Waals surface area contributed by atoms with Gasteiger partial charge in [0.2, 0.25) is 6.10 Å². The van der Waals surface area contributed by atoms with Gasteiger partial charge in [-0.2, -0.15) is 0 Å². The van der Waals surface area contributed by atoms with Crippen LogP contribution in [0.2, 0.25) is 0 Å². The fourth-order valence-corrected chi connectivity index (χ4v) is 3.17. The van der Waals surface area contributed by atoms with E-state index in [0.29, 0.717) is 22.7 Å². The van der Waals surface area contributed by atoms with Gasteiger partial charge >= 0.3 is 5.97 Å². The molecule has 0 unspecified atom stereocenters. The number of aromatic nitrogens is 1. The van der Waals surface area contributed by atoms with Crippen LogP contribution in [0.3, 0.4) is 0 Å². The molecule has 1 aromatic heterocycles. The summed E-state index contributed by atoms with van der Waals surface area (Å²) in [7, 11) is 0. The second-order valence-corrected chi connectivity index (χ2v) is 7.21. The standard InChI is InChI=1S/C25H22N2O4/c1-17-11-13-19(14-12-17)26-25(29)24(18-7-3-2-4-8-18)31-23(28)16-15-22-27-20-9-5-6-10-21(20)30-22/h2-14,24H,15-16H2,1H3,(H,26,29)/t24-/m1/s1. The van der Waals surface area contributed by atoms with Crippen molar-refractivity contribution in [3.05, 3.63) is 95.9 Å². The maximum absolute atomic E-state index is 12.9. The fraction of sp³-hybridized carbons (Fsp3) is 0.160. The fourth-order valence-electron chi connectivity index (χ4n) is 3.17. The molecule has 0 radical (unpaired) electrons. The highest BCUT2D eigenvalue weighted by Crippen LogP contribution is 2.22. The maximum Gasteiger partial charge on any atom is 0.307 e. The number of para-hydroxylation sites is 2. The Kier molecular flexibility index (Phi) is 6.08. The molecule has 6 nitrogen and oxygen atoms in total. The number of oxazole rings is 1. The van der Waals surface area contributed by atoms with E-state index in [0.717, 1.165) is 11.1 Å². The van der Waals surface area contributed by atoms with Crippen LogP contribution in [-0.4, -0.2) is 16.9 Å².